The summed E-state index contributed by atoms with van der Waals surface area (Å²) in [5, 5.41) is 11.0. The molecule has 1 aliphatic heterocycles. The Kier molecular flexibility index (Phi) is 3.03. The number of quaternary nitrogens is 1. The van der Waals surface area contributed by atoms with Gasteiger partial charge in [-0.1, -0.05) is 18.2 Å². The van der Waals surface area contributed by atoms with Crippen molar-refractivity contribution in [3.8, 4) is 0 Å². The lowest BCUT2D eigenvalue weighted by atomic mass is 9.78. The summed E-state index contributed by atoms with van der Waals surface area (Å²) in [5.41, 5.74) is 1.48. The number of hydrogen-bond acceptors (Lipinski definition) is 3. The Balaban J connectivity index is 2.32. The topological polar surface area (TPSA) is 58.1 Å². The van der Waals surface area contributed by atoms with Crippen molar-refractivity contribution in [3.05, 3.63) is 29.5 Å². The van der Waals surface area contributed by atoms with E-state index in [-0.39, 0.29) is 11.2 Å². The number of nitrogens with two attached hydrogens (primary N) is 1. The van der Waals surface area contributed by atoms with Crippen LogP contribution in [0.25, 0.3) is 0 Å². The van der Waals surface area contributed by atoms with Gasteiger partial charge in [-0.2, -0.15) is 0 Å². The monoisotopic (exact) mass is 235 g/mol. The molecule has 1 aromatic carbocycles. The third kappa shape index (κ3) is 2.11. The second kappa shape index (κ2) is 4.10. The van der Waals surface area contributed by atoms with Crippen molar-refractivity contribution < 1.29 is 14.8 Å². The maximum Gasteiger partial charge on any atom is 0.501 e. The molecule has 1 fully saturated rings. The van der Waals surface area contributed by atoms with Crippen molar-refractivity contribution in [2.75, 3.05) is 0 Å². The third-order valence-corrected chi connectivity index (χ3v) is 3.63. The highest BCUT2D eigenvalue weighted by molar-refractivity contribution is 6.63. The maximum absolute atomic E-state index is 11.0. The molecule has 0 saturated carbocycles. The minimum absolute atomic E-state index is 0.381. The van der Waals surface area contributed by atoms with Gasteiger partial charge in [0, 0.05) is 5.46 Å². The van der Waals surface area contributed by atoms with Crippen LogP contribution in [0.5, 0.6) is 0 Å². The maximum atomic E-state index is 11.0. The Morgan fingerprint density at radius 3 is 2.12 bits per heavy atom. The minimum atomic E-state index is -0.471. The zero-order valence-electron chi connectivity index (χ0n) is 10.7. The third-order valence-electron chi connectivity index (χ3n) is 3.63. The van der Waals surface area contributed by atoms with Crippen molar-refractivity contribution in [2.45, 2.75) is 38.9 Å². The van der Waals surface area contributed by atoms with Crippen molar-refractivity contribution in [1.29, 1.82) is 0 Å². The Bertz CT molecular complexity index is 404. The lowest BCUT2D eigenvalue weighted by Gasteiger charge is -2.32. The van der Waals surface area contributed by atoms with Gasteiger partial charge in [-0.15, -0.1) is 0 Å². The average molecular weight is 235 g/mol. The van der Waals surface area contributed by atoms with Gasteiger partial charge in [0.2, 0.25) is 0 Å². The van der Waals surface area contributed by atoms with Gasteiger partial charge in [0.1, 0.15) is 5.69 Å². The van der Waals surface area contributed by atoms with E-state index in [2.05, 4.69) is 0 Å². The zero-order chi connectivity index (χ0) is 12.7. The summed E-state index contributed by atoms with van der Waals surface area (Å²) in [4.78, 5) is 0. The highest BCUT2D eigenvalue weighted by Gasteiger charge is 2.52. The number of benzene rings is 1. The molecule has 1 heterocycles. The van der Waals surface area contributed by atoms with Crippen LogP contribution in [0.15, 0.2) is 24.3 Å². The highest BCUT2D eigenvalue weighted by atomic mass is 16.7. The molecule has 0 spiro atoms. The fraction of sp³-hybridized carbons (Fsp3) is 0.500. The second-order valence-corrected chi connectivity index (χ2v) is 5.34. The zero-order valence-corrected chi connectivity index (χ0v) is 10.7. The molecule has 0 bridgehead atoms. The molecule has 4 nitrogen and oxygen atoms in total. The summed E-state index contributed by atoms with van der Waals surface area (Å²) in [6, 6.07) is 7.35. The van der Waals surface area contributed by atoms with Crippen LogP contribution in [-0.2, 0) is 9.31 Å². The lowest BCUT2D eigenvalue weighted by Crippen LogP contribution is -2.73. The SMILES string of the molecule is CC1(C)OB(c2ccccc2[NH2+][O-])OC1(C)C. The largest absolute Gasteiger partial charge is 0.630 e. The van der Waals surface area contributed by atoms with Crippen molar-refractivity contribution >= 4 is 18.3 Å². The summed E-state index contributed by atoms with van der Waals surface area (Å²) in [5.74, 6) is 0. The van der Waals surface area contributed by atoms with E-state index >= 15 is 0 Å². The van der Waals surface area contributed by atoms with Crippen LogP contribution in [0.3, 0.4) is 0 Å². The average Bonchev–Trinajstić information content (AvgIpc) is 2.48. The van der Waals surface area contributed by atoms with Gasteiger partial charge in [-0.25, -0.2) is 0 Å². The fourth-order valence-electron chi connectivity index (χ4n) is 1.80. The van der Waals surface area contributed by atoms with Crippen LogP contribution in [0.1, 0.15) is 27.7 Å². The molecule has 2 N–H and O–H groups in total. The van der Waals surface area contributed by atoms with Crippen molar-refractivity contribution in [3.63, 3.8) is 0 Å². The summed E-state index contributed by atoms with van der Waals surface area (Å²) in [6.07, 6.45) is 0. The van der Waals surface area contributed by atoms with Gasteiger partial charge in [-0.05, 0) is 33.8 Å². The van der Waals surface area contributed by atoms with Gasteiger partial charge in [0.25, 0.3) is 0 Å². The summed E-state index contributed by atoms with van der Waals surface area (Å²) >= 11 is 0. The molecule has 1 saturated heterocycles. The first-order valence-electron chi connectivity index (χ1n) is 5.77. The van der Waals surface area contributed by atoms with E-state index in [1.54, 1.807) is 6.07 Å². The van der Waals surface area contributed by atoms with E-state index in [0.717, 1.165) is 10.9 Å². The molecule has 2 rings (SSSR count). The quantitative estimate of drug-likeness (QED) is 0.465. The molecule has 0 aromatic heterocycles. The molecule has 17 heavy (non-hydrogen) atoms. The van der Waals surface area contributed by atoms with Crippen LogP contribution in [0.2, 0.25) is 0 Å². The van der Waals surface area contributed by atoms with E-state index in [4.69, 9.17) is 9.31 Å². The Morgan fingerprint density at radius 2 is 1.59 bits per heavy atom. The number of rotatable bonds is 2. The van der Waals surface area contributed by atoms with Crippen LogP contribution in [-0.4, -0.2) is 18.3 Å². The van der Waals surface area contributed by atoms with E-state index in [1.165, 1.54) is 0 Å². The molecule has 0 radical (unpaired) electrons. The van der Waals surface area contributed by atoms with Crippen LogP contribution in [0.4, 0.5) is 5.69 Å². The molecule has 92 valence electrons. The molecule has 0 amide bonds. The van der Waals surface area contributed by atoms with Gasteiger partial charge >= 0.3 is 7.12 Å². The predicted octanol–water partition coefficient (Wildman–Crippen LogP) is 0.678. The van der Waals surface area contributed by atoms with E-state index in [1.807, 2.05) is 45.9 Å². The Labute approximate surface area is 102 Å². The fourth-order valence-corrected chi connectivity index (χ4v) is 1.80. The van der Waals surface area contributed by atoms with Gasteiger partial charge < -0.3 is 20.0 Å². The first-order valence-corrected chi connectivity index (χ1v) is 5.77. The lowest BCUT2D eigenvalue weighted by molar-refractivity contribution is -0.496. The highest BCUT2D eigenvalue weighted by Crippen LogP contribution is 2.36. The Hall–Kier alpha value is -0.875. The first-order chi connectivity index (χ1) is 7.87. The smallest absolute Gasteiger partial charge is 0.501 e. The molecule has 1 aliphatic rings. The second-order valence-electron chi connectivity index (χ2n) is 5.34. The van der Waals surface area contributed by atoms with Crippen molar-refractivity contribution in [1.82, 2.24) is 0 Å². The number of hydrogen-bond donors (Lipinski definition) is 1. The normalized spacial score (nSPS) is 21.8. The summed E-state index contributed by atoms with van der Waals surface area (Å²) in [7, 11) is -0.471. The molecule has 0 atom stereocenters. The minimum Gasteiger partial charge on any atom is -0.630 e. The van der Waals surface area contributed by atoms with Gasteiger partial charge in [0.15, 0.2) is 0 Å². The standard InChI is InChI=1S/C12H18BNO3/c1-11(2)12(3,4)17-13(16-11)9-7-5-6-8-10(9)14-15/h5-8H,14H2,1-4H3. The molecule has 0 aliphatic carbocycles. The van der Waals surface area contributed by atoms with E-state index in [0.29, 0.717) is 5.69 Å². The molecule has 0 unspecified atom stereocenters. The summed E-state index contributed by atoms with van der Waals surface area (Å²) in [6.45, 7) is 7.99. The van der Waals surface area contributed by atoms with Crippen molar-refractivity contribution in [2.24, 2.45) is 0 Å². The molecular weight excluding hydrogens is 217 g/mol. The van der Waals surface area contributed by atoms with E-state index < -0.39 is 7.12 Å². The van der Waals surface area contributed by atoms with Crippen LogP contribution in [0, 0.1) is 5.21 Å². The molecule has 1 aromatic rings. The first kappa shape index (κ1) is 12.6. The summed E-state index contributed by atoms with van der Waals surface area (Å²) < 4.78 is 11.8. The van der Waals surface area contributed by atoms with Gasteiger partial charge in [-0.3, -0.25) is 0 Å². The van der Waals surface area contributed by atoms with E-state index in [9.17, 15) is 5.21 Å². The molecule has 5 heteroatoms. The van der Waals surface area contributed by atoms with Crippen LogP contribution < -0.4 is 10.9 Å². The Morgan fingerprint density at radius 1 is 1.06 bits per heavy atom. The van der Waals surface area contributed by atoms with Gasteiger partial charge in [0.05, 0.1) is 11.2 Å². The van der Waals surface area contributed by atoms with Crippen LogP contribution >= 0.6 is 0 Å². The molecular formula is C12H18BNO3. The predicted molar refractivity (Wildman–Crippen MR) is 67.1 cm³/mol.